The zero-order chi connectivity index (χ0) is 12.3. The molecule has 2 rings (SSSR count). The first-order valence-electron chi connectivity index (χ1n) is 7.21. The number of aliphatic carboxylic acids is 1. The van der Waals surface area contributed by atoms with Crippen LogP contribution in [0.5, 0.6) is 0 Å². The topological polar surface area (TPSA) is 40.5 Å². The van der Waals surface area contributed by atoms with Crippen LogP contribution in [-0.4, -0.2) is 34.6 Å². The number of carboxylic acid groups (broad SMARTS) is 1. The monoisotopic (exact) mass is 239 g/mol. The van der Waals surface area contributed by atoms with Crippen LogP contribution in [0, 0.1) is 5.92 Å². The average molecular weight is 239 g/mol. The lowest BCUT2D eigenvalue weighted by molar-refractivity contribution is -0.144. The van der Waals surface area contributed by atoms with Crippen molar-refractivity contribution in [1.29, 1.82) is 0 Å². The standard InChI is InChI=1S/C14H25NO2/c1-2-11-7-8-12(10-11)15-9-5-3-4-6-13(15)14(16)17/h11-13H,2-10H2,1H3,(H,16,17). The van der Waals surface area contributed by atoms with Gasteiger partial charge >= 0.3 is 5.97 Å². The highest BCUT2D eigenvalue weighted by atomic mass is 16.4. The van der Waals surface area contributed by atoms with E-state index < -0.39 is 5.97 Å². The summed E-state index contributed by atoms with van der Waals surface area (Å²) in [4.78, 5) is 13.7. The van der Waals surface area contributed by atoms with E-state index in [1.165, 1.54) is 38.5 Å². The lowest BCUT2D eigenvalue weighted by Gasteiger charge is -2.32. The second kappa shape index (κ2) is 5.85. The average Bonchev–Trinajstić information content (AvgIpc) is 2.65. The van der Waals surface area contributed by atoms with Crippen LogP contribution in [-0.2, 0) is 4.79 Å². The summed E-state index contributed by atoms with van der Waals surface area (Å²) in [5, 5.41) is 9.38. The van der Waals surface area contributed by atoms with Crippen molar-refractivity contribution >= 4 is 5.97 Å². The minimum atomic E-state index is -0.605. The molecule has 0 aromatic rings. The highest BCUT2D eigenvalue weighted by Crippen LogP contribution is 2.34. The van der Waals surface area contributed by atoms with Crippen molar-refractivity contribution in [2.45, 2.75) is 70.4 Å². The number of hydrogen-bond acceptors (Lipinski definition) is 2. The van der Waals surface area contributed by atoms with Gasteiger partial charge in [0.2, 0.25) is 0 Å². The van der Waals surface area contributed by atoms with Gasteiger partial charge in [0.05, 0.1) is 0 Å². The Balaban J connectivity index is 2.02. The molecule has 3 atom stereocenters. The van der Waals surface area contributed by atoms with Gasteiger partial charge in [-0.05, 0) is 44.6 Å². The molecule has 0 aromatic heterocycles. The van der Waals surface area contributed by atoms with Crippen LogP contribution in [0.15, 0.2) is 0 Å². The molecule has 3 heteroatoms. The Bertz CT molecular complexity index is 267. The van der Waals surface area contributed by atoms with Gasteiger partial charge in [-0.3, -0.25) is 9.69 Å². The van der Waals surface area contributed by atoms with Crippen LogP contribution >= 0.6 is 0 Å². The first-order valence-corrected chi connectivity index (χ1v) is 7.21. The normalized spacial score (nSPS) is 35.7. The van der Waals surface area contributed by atoms with Gasteiger partial charge < -0.3 is 5.11 Å². The molecule has 0 radical (unpaired) electrons. The van der Waals surface area contributed by atoms with Crippen molar-refractivity contribution in [2.75, 3.05) is 6.54 Å². The molecule has 1 N–H and O–H groups in total. The van der Waals surface area contributed by atoms with Crippen LogP contribution < -0.4 is 0 Å². The maximum atomic E-state index is 11.4. The van der Waals surface area contributed by atoms with Crippen molar-refractivity contribution in [1.82, 2.24) is 4.90 Å². The molecule has 1 heterocycles. The number of hydrogen-bond donors (Lipinski definition) is 1. The molecular weight excluding hydrogens is 214 g/mol. The summed E-state index contributed by atoms with van der Waals surface area (Å²) in [7, 11) is 0. The summed E-state index contributed by atoms with van der Waals surface area (Å²) in [5.74, 6) is 0.226. The third-order valence-corrected chi connectivity index (χ3v) is 4.64. The zero-order valence-corrected chi connectivity index (χ0v) is 10.9. The summed E-state index contributed by atoms with van der Waals surface area (Å²) in [6.45, 7) is 3.25. The molecule has 0 spiro atoms. The molecule has 2 aliphatic rings. The molecule has 17 heavy (non-hydrogen) atoms. The van der Waals surface area contributed by atoms with E-state index in [2.05, 4.69) is 11.8 Å². The smallest absolute Gasteiger partial charge is 0.320 e. The fourth-order valence-corrected chi connectivity index (χ4v) is 3.55. The number of carbonyl (C=O) groups is 1. The van der Waals surface area contributed by atoms with Gasteiger partial charge in [-0.15, -0.1) is 0 Å². The second-order valence-electron chi connectivity index (χ2n) is 5.68. The summed E-state index contributed by atoms with van der Waals surface area (Å²) in [6.07, 6.45) is 9.29. The number of likely N-dealkylation sites (tertiary alicyclic amines) is 1. The van der Waals surface area contributed by atoms with E-state index in [9.17, 15) is 9.90 Å². The van der Waals surface area contributed by atoms with Crippen LogP contribution in [0.2, 0.25) is 0 Å². The van der Waals surface area contributed by atoms with E-state index in [0.29, 0.717) is 6.04 Å². The molecule has 98 valence electrons. The van der Waals surface area contributed by atoms with Crippen molar-refractivity contribution in [3.63, 3.8) is 0 Å². The fourth-order valence-electron chi connectivity index (χ4n) is 3.55. The molecule has 3 unspecified atom stereocenters. The largest absolute Gasteiger partial charge is 0.480 e. The van der Waals surface area contributed by atoms with Gasteiger partial charge in [-0.1, -0.05) is 26.2 Å². The second-order valence-corrected chi connectivity index (χ2v) is 5.68. The highest BCUT2D eigenvalue weighted by molar-refractivity contribution is 5.73. The number of rotatable bonds is 3. The van der Waals surface area contributed by atoms with E-state index in [4.69, 9.17) is 0 Å². The Kier molecular flexibility index (Phi) is 4.43. The molecule has 0 aromatic carbocycles. The van der Waals surface area contributed by atoms with E-state index in [1.807, 2.05) is 0 Å². The number of nitrogens with zero attached hydrogens (tertiary/aromatic N) is 1. The number of carboxylic acids is 1. The summed E-state index contributed by atoms with van der Waals surface area (Å²) >= 11 is 0. The summed E-state index contributed by atoms with van der Waals surface area (Å²) < 4.78 is 0. The molecule has 1 saturated carbocycles. The van der Waals surface area contributed by atoms with Gasteiger partial charge in [0, 0.05) is 6.04 Å². The molecular formula is C14H25NO2. The lowest BCUT2D eigenvalue weighted by Crippen LogP contribution is -2.46. The van der Waals surface area contributed by atoms with E-state index in [-0.39, 0.29) is 6.04 Å². The first kappa shape index (κ1) is 12.9. The minimum absolute atomic E-state index is 0.210. The SMILES string of the molecule is CCC1CCC(N2CCCCCC2C(=O)O)C1. The Morgan fingerprint density at radius 1 is 1.24 bits per heavy atom. The molecule has 3 nitrogen and oxygen atoms in total. The predicted octanol–water partition coefficient (Wildman–Crippen LogP) is 2.89. The zero-order valence-electron chi connectivity index (χ0n) is 10.9. The van der Waals surface area contributed by atoms with Gasteiger partial charge in [0.25, 0.3) is 0 Å². The predicted molar refractivity (Wildman–Crippen MR) is 68.0 cm³/mol. The van der Waals surface area contributed by atoms with Gasteiger partial charge in [0.15, 0.2) is 0 Å². The van der Waals surface area contributed by atoms with E-state index in [1.54, 1.807) is 0 Å². The maximum absolute atomic E-state index is 11.4. The molecule has 0 bridgehead atoms. The third kappa shape index (κ3) is 3.01. The quantitative estimate of drug-likeness (QED) is 0.823. The van der Waals surface area contributed by atoms with Gasteiger partial charge in [0.1, 0.15) is 6.04 Å². The van der Waals surface area contributed by atoms with Crippen LogP contribution in [0.4, 0.5) is 0 Å². The summed E-state index contributed by atoms with van der Waals surface area (Å²) in [5.41, 5.74) is 0. The molecule has 1 saturated heterocycles. The van der Waals surface area contributed by atoms with Gasteiger partial charge in [-0.25, -0.2) is 0 Å². The van der Waals surface area contributed by atoms with Crippen molar-refractivity contribution in [3.05, 3.63) is 0 Å². The Labute approximate surface area is 104 Å². The molecule has 0 amide bonds. The van der Waals surface area contributed by atoms with Crippen molar-refractivity contribution in [2.24, 2.45) is 5.92 Å². The fraction of sp³-hybridized carbons (Fsp3) is 0.929. The van der Waals surface area contributed by atoms with E-state index in [0.717, 1.165) is 25.3 Å². The van der Waals surface area contributed by atoms with Crippen molar-refractivity contribution in [3.8, 4) is 0 Å². The Morgan fingerprint density at radius 2 is 2.06 bits per heavy atom. The summed E-state index contributed by atoms with van der Waals surface area (Å²) in [6, 6.07) is 0.331. The minimum Gasteiger partial charge on any atom is -0.480 e. The third-order valence-electron chi connectivity index (χ3n) is 4.64. The lowest BCUT2D eigenvalue weighted by atomic mass is 10.0. The van der Waals surface area contributed by atoms with Gasteiger partial charge in [-0.2, -0.15) is 0 Å². The highest BCUT2D eigenvalue weighted by Gasteiger charge is 2.35. The maximum Gasteiger partial charge on any atom is 0.320 e. The first-order chi connectivity index (χ1) is 8.22. The van der Waals surface area contributed by atoms with Crippen LogP contribution in [0.1, 0.15) is 58.3 Å². The molecule has 2 fully saturated rings. The van der Waals surface area contributed by atoms with Crippen LogP contribution in [0.3, 0.4) is 0 Å². The Hall–Kier alpha value is -0.570. The molecule has 1 aliphatic carbocycles. The van der Waals surface area contributed by atoms with Crippen LogP contribution in [0.25, 0.3) is 0 Å². The van der Waals surface area contributed by atoms with E-state index >= 15 is 0 Å². The van der Waals surface area contributed by atoms with Crippen molar-refractivity contribution < 1.29 is 9.90 Å². The Morgan fingerprint density at radius 3 is 2.71 bits per heavy atom. The molecule has 1 aliphatic heterocycles.